The molecule has 1 aromatic heterocycles. The first-order chi connectivity index (χ1) is 7.65. The molecule has 0 atom stereocenters. The number of tetrazole rings is 1. The van der Waals surface area contributed by atoms with Crippen LogP contribution in [-0.2, 0) is 0 Å². The minimum Gasteiger partial charge on any atom is -0.288 e. The molecule has 1 amide bonds. The summed E-state index contributed by atoms with van der Waals surface area (Å²) >= 11 is 0. The zero-order valence-electron chi connectivity index (χ0n) is 8.98. The van der Waals surface area contributed by atoms with Gasteiger partial charge in [0.2, 0.25) is 0 Å². The Hall–Kier alpha value is -2.24. The number of aromatic amines is 1. The van der Waals surface area contributed by atoms with Crippen LogP contribution in [0.5, 0.6) is 0 Å². The number of hydrogen-bond acceptors (Lipinski definition) is 4. The highest BCUT2D eigenvalue weighted by Crippen LogP contribution is 2.10. The molecule has 1 aromatic carbocycles. The van der Waals surface area contributed by atoms with E-state index in [9.17, 15) is 4.79 Å². The van der Waals surface area contributed by atoms with Gasteiger partial charge in [-0.15, -0.1) is 5.10 Å². The number of anilines is 1. The summed E-state index contributed by atoms with van der Waals surface area (Å²) < 4.78 is 0. The molecule has 2 N–H and O–H groups in total. The van der Waals surface area contributed by atoms with E-state index in [1.54, 1.807) is 0 Å². The Balaban J connectivity index is 2.21. The number of aromatic nitrogens is 4. The maximum Gasteiger partial charge on any atom is 0.270 e. The zero-order chi connectivity index (χ0) is 11.5. The van der Waals surface area contributed by atoms with Crippen LogP contribution in [0.1, 0.15) is 21.5 Å². The maximum absolute atomic E-state index is 11.8. The van der Waals surface area contributed by atoms with Crippen LogP contribution in [0.4, 0.5) is 5.95 Å². The standard InChI is InChI=1S/C10H11N5O/c1-6-3-7(2)5-8(4-6)9(16)11-10-12-14-15-13-10/h3-5H,1-2H3,(H2,11,12,13,14,15,16). The number of carbonyl (C=O) groups is 1. The second kappa shape index (κ2) is 4.09. The average Bonchev–Trinajstić information content (AvgIpc) is 2.68. The van der Waals surface area contributed by atoms with Crippen molar-refractivity contribution in [1.82, 2.24) is 20.6 Å². The molecule has 0 spiro atoms. The molecular formula is C10H11N5O. The van der Waals surface area contributed by atoms with Gasteiger partial charge in [0, 0.05) is 5.56 Å². The van der Waals surface area contributed by atoms with Gasteiger partial charge in [-0.1, -0.05) is 22.3 Å². The molecule has 0 radical (unpaired) electrons. The van der Waals surface area contributed by atoms with Gasteiger partial charge in [-0.2, -0.15) is 5.21 Å². The van der Waals surface area contributed by atoms with Gasteiger partial charge in [0.05, 0.1) is 0 Å². The fourth-order valence-electron chi connectivity index (χ4n) is 1.49. The maximum atomic E-state index is 11.8. The molecule has 82 valence electrons. The highest BCUT2D eigenvalue weighted by molar-refractivity contribution is 6.03. The Morgan fingerprint density at radius 1 is 1.25 bits per heavy atom. The van der Waals surface area contributed by atoms with Crippen molar-refractivity contribution in [3.8, 4) is 0 Å². The lowest BCUT2D eigenvalue weighted by molar-refractivity contribution is 0.102. The third-order valence-electron chi connectivity index (χ3n) is 2.05. The number of nitrogens with one attached hydrogen (secondary N) is 2. The normalized spacial score (nSPS) is 10.1. The van der Waals surface area contributed by atoms with Crippen molar-refractivity contribution in [2.45, 2.75) is 13.8 Å². The summed E-state index contributed by atoms with van der Waals surface area (Å²) in [6, 6.07) is 5.62. The number of hydrogen-bond donors (Lipinski definition) is 2. The van der Waals surface area contributed by atoms with Crippen LogP contribution in [-0.4, -0.2) is 26.5 Å². The van der Waals surface area contributed by atoms with E-state index >= 15 is 0 Å². The number of H-pyrrole nitrogens is 1. The van der Waals surface area contributed by atoms with Crippen LogP contribution in [0.3, 0.4) is 0 Å². The van der Waals surface area contributed by atoms with Crippen LogP contribution in [0.2, 0.25) is 0 Å². The Kier molecular flexibility index (Phi) is 2.63. The van der Waals surface area contributed by atoms with Crippen molar-refractivity contribution in [1.29, 1.82) is 0 Å². The van der Waals surface area contributed by atoms with E-state index in [1.807, 2.05) is 32.0 Å². The number of carbonyl (C=O) groups excluding carboxylic acids is 1. The van der Waals surface area contributed by atoms with Gasteiger partial charge >= 0.3 is 0 Å². The summed E-state index contributed by atoms with van der Waals surface area (Å²) in [4.78, 5) is 11.8. The minimum absolute atomic E-state index is 0.171. The van der Waals surface area contributed by atoms with Crippen molar-refractivity contribution in [3.63, 3.8) is 0 Å². The van der Waals surface area contributed by atoms with Gasteiger partial charge < -0.3 is 0 Å². The third kappa shape index (κ3) is 2.22. The number of amides is 1. The van der Waals surface area contributed by atoms with E-state index in [4.69, 9.17) is 0 Å². The molecule has 2 rings (SSSR count). The quantitative estimate of drug-likeness (QED) is 0.788. The summed E-state index contributed by atoms with van der Waals surface area (Å²) in [5.74, 6) is -0.0719. The largest absolute Gasteiger partial charge is 0.288 e. The summed E-state index contributed by atoms with van der Waals surface area (Å²) in [6.45, 7) is 3.89. The molecular weight excluding hydrogens is 206 g/mol. The van der Waals surface area contributed by atoms with Crippen molar-refractivity contribution < 1.29 is 4.79 Å². The minimum atomic E-state index is -0.242. The van der Waals surface area contributed by atoms with E-state index in [-0.39, 0.29) is 11.9 Å². The molecule has 6 nitrogen and oxygen atoms in total. The van der Waals surface area contributed by atoms with E-state index in [0.717, 1.165) is 11.1 Å². The molecule has 0 aliphatic carbocycles. The lowest BCUT2D eigenvalue weighted by atomic mass is 10.1. The van der Waals surface area contributed by atoms with E-state index in [2.05, 4.69) is 25.9 Å². The van der Waals surface area contributed by atoms with Crippen molar-refractivity contribution in [3.05, 3.63) is 34.9 Å². The van der Waals surface area contributed by atoms with Gasteiger partial charge in [0.1, 0.15) is 0 Å². The highest BCUT2D eigenvalue weighted by Gasteiger charge is 2.09. The van der Waals surface area contributed by atoms with Gasteiger partial charge in [0.25, 0.3) is 11.9 Å². The predicted octanol–water partition coefficient (Wildman–Crippen LogP) is 1.07. The van der Waals surface area contributed by atoms with Gasteiger partial charge in [-0.25, -0.2) is 0 Å². The number of nitrogens with zero attached hydrogens (tertiary/aromatic N) is 3. The fourth-order valence-corrected chi connectivity index (χ4v) is 1.49. The molecule has 0 fully saturated rings. The Morgan fingerprint density at radius 2 is 1.94 bits per heavy atom. The molecule has 0 bridgehead atoms. The first-order valence-corrected chi connectivity index (χ1v) is 4.78. The van der Waals surface area contributed by atoms with Crippen LogP contribution >= 0.6 is 0 Å². The van der Waals surface area contributed by atoms with Gasteiger partial charge in [0.15, 0.2) is 0 Å². The molecule has 0 unspecified atom stereocenters. The number of aryl methyl sites for hydroxylation is 2. The smallest absolute Gasteiger partial charge is 0.270 e. The number of rotatable bonds is 2. The number of benzene rings is 1. The van der Waals surface area contributed by atoms with Crippen molar-refractivity contribution in [2.75, 3.05) is 5.32 Å². The van der Waals surface area contributed by atoms with Crippen molar-refractivity contribution in [2.24, 2.45) is 0 Å². The summed E-state index contributed by atoms with van der Waals surface area (Å²) in [7, 11) is 0. The Morgan fingerprint density at radius 3 is 2.50 bits per heavy atom. The average molecular weight is 217 g/mol. The summed E-state index contributed by atoms with van der Waals surface area (Å²) in [6.07, 6.45) is 0. The van der Waals surface area contributed by atoms with E-state index in [0.29, 0.717) is 5.56 Å². The molecule has 0 saturated carbocycles. The fraction of sp³-hybridized carbons (Fsp3) is 0.200. The molecule has 16 heavy (non-hydrogen) atoms. The SMILES string of the molecule is Cc1cc(C)cc(C(=O)Nc2nn[nH]n2)c1. The first kappa shape index (κ1) is 10.3. The molecule has 6 heteroatoms. The van der Waals surface area contributed by atoms with Crippen LogP contribution in [0, 0.1) is 13.8 Å². The van der Waals surface area contributed by atoms with E-state index in [1.165, 1.54) is 0 Å². The van der Waals surface area contributed by atoms with Gasteiger partial charge in [-0.05, 0) is 31.2 Å². The highest BCUT2D eigenvalue weighted by atomic mass is 16.1. The molecule has 0 aliphatic rings. The third-order valence-corrected chi connectivity index (χ3v) is 2.05. The predicted molar refractivity (Wildman–Crippen MR) is 58.0 cm³/mol. The molecule has 1 heterocycles. The van der Waals surface area contributed by atoms with Crippen molar-refractivity contribution >= 4 is 11.9 Å². The lowest BCUT2D eigenvalue weighted by Gasteiger charge is -2.03. The zero-order valence-corrected chi connectivity index (χ0v) is 8.98. The van der Waals surface area contributed by atoms with Gasteiger partial charge in [-0.3, -0.25) is 10.1 Å². The summed E-state index contributed by atoms with van der Waals surface area (Å²) in [5, 5.41) is 15.4. The lowest BCUT2D eigenvalue weighted by Crippen LogP contribution is -2.13. The summed E-state index contributed by atoms with van der Waals surface area (Å²) in [5.41, 5.74) is 2.67. The molecule has 2 aromatic rings. The Bertz CT molecular complexity index is 486. The topological polar surface area (TPSA) is 83.6 Å². The Labute approximate surface area is 92.1 Å². The van der Waals surface area contributed by atoms with Crippen LogP contribution in [0.25, 0.3) is 0 Å². The van der Waals surface area contributed by atoms with Crippen LogP contribution < -0.4 is 5.32 Å². The van der Waals surface area contributed by atoms with E-state index < -0.39 is 0 Å². The molecule has 0 aliphatic heterocycles. The monoisotopic (exact) mass is 217 g/mol. The van der Waals surface area contributed by atoms with Crippen LogP contribution in [0.15, 0.2) is 18.2 Å². The second-order valence-corrected chi connectivity index (χ2v) is 3.57. The second-order valence-electron chi connectivity index (χ2n) is 3.57. The molecule has 0 saturated heterocycles. The first-order valence-electron chi connectivity index (χ1n) is 4.78.